The van der Waals surface area contributed by atoms with E-state index < -0.39 is 0 Å². The number of benzene rings is 1. The van der Waals surface area contributed by atoms with Gasteiger partial charge in [-0.05, 0) is 31.5 Å². The minimum Gasteiger partial charge on any atom is -0.350 e. The summed E-state index contributed by atoms with van der Waals surface area (Å²) < 4.78 is 0. The highest BCUT2D eigenvalue weighted by atomic mass is 32.2. The van der Waals surface area contributed by atoms with Crippen molar-refractivity contribution in [2.24, 2.45) is 0 Å². The number of thioether (sulfide) groups is 1. The second-order valence-corrected chi connectivity index (χ2v) is 7.88. The normalized spacial score (nSPS) is 15.3. The molecular formula is C18H23N3OS2. The zero-order chi connectivity index (χ0) is 16.6. The number of carbonyl (C=O) groups is 1. The summed E-state index contributed by atoms with van der Waals surface area (Å²) in [5, 5.41) is 9.34. The number of hydrogen-bond acceptors (Lipinski definition) is 5. The number of rotatable bonds is 7. The van der Waals surface area contributed by atoms with Crippen LogP contribution in [0.3, 0.4) is 0 Å². The highest BCUT2D eigenvalue weighted by molar-refractivity contribution is 7.98. The van der Waals surface area contributed by atoms with E-state index >= 15 is 0 Å². The van der Waals surface area contributed by atoms with Crippen molar-refractivity contribution < 1.29 is 4.79 Å². The van der Waals surface area contributed by atoms with Crippen molar-refractivity contribution >= 4 is 29.0 Å². The number of aromatic nitrogens is 1. The molecule has 6 heteroatoms. The number of amides is 1. The molecule has 24 heavy (non-hydrogen) atoms. The van der Waals surface area contributed by atoms with E-state index in [4.69, 9.17) is 0 Å². The Morgan fingerprint density at radius 1 is 1.29 bits per heavy atom. The first-order valence-electron chi connectivity index (χ1n) is 8.39. The molecule has 2 heterocycles. The summed E-state index contributed by atoms with van der Waals surface area (Å²) in [7, 11) is 0. The molecule has 1 aromatic carbocycles. The fourth-order valence-electron chi connectivity index (χ4n) is 2.74. The quantitative estimate of drug-likeness (QED) is 0.743. The van der Waals surface area contributed by atoms with E-state index in [-0.39, 0.29) is 5.91 Å². The standard InChI is InChI=1S/C18H23N3OS2/c22-17(20-10-11-23-12-14-4-2-1-3-5-14)16-13-24-18(21-16)15-6-8-19-9-7-15/h1-5,13,15,19H,6-12H2,(H,20,22). The molecule has 2 aromatic rings. The zero-order valence-corrected chi connectivity index (χ0v) is 15.3. The summed E-state index contributed by atoms with van der Waals surface area (Å²) in [4.78, 5) is 16.7. The molecule has 1 amide bonds. The maximum Gasteiger partial charge on any atom is 0.270 e. The van der Waals surface area contributed by atoms with E-state index in [1.165, 1.54) is 5.56 Å². The number of nitrogens with one attached hydrogen (secondary N) is 2. The molecule has 1 aromatic heterocycles. The van der Waals surface area contributed by atoms with Gasteiger partial charge < -0.3 is 10.6 Å². The molecule has 0 radical (unpaired) electrons. The Morgan fingerprint density at radius 3 is 2.88 bits per heavy atom. The molecule has 1 aliphatic rings. The summed E-state index contributed by atoms with van der Waals surface area (Å²) in [6, 6.07) is 10.4. The first-order chi connectivity index (χ1) is 11.8. The van der Waals surface area contributed by atoms with Crippen molar-refractivity contribution in [1.82, 2.24) is 15.6 Å². The van der Waals surface area contributed by atoms with Gasteiger partial charge >= 0.3 is 0 Å². The SMILES string of the molecule is O=C(NCCSCc1ccccc1)c1csc(C2CCNCC2)n1. The third-order valence-electron chi connectivity index (χ3n) is 4.09. The van der Waals surface area contributed by atoms with Gasteiger partial charge in [-0.1, -0.05) is 30.3 Å². The van der Waals surface area contributed by atoms with Gasteiger partial charge in [-0.3, -0.25) is 4.79 Å². The molecule has 2 N–H and O–H groups in total. The van der Waals surface area contributed by atoms with E-state index in [1.54, 1.807) is 11.3 Å². The summed E-state index contributed by atoms with van der Waals surface area (Å²) in [6.45, 7) is 2.77. The van der Waals surface area contributed by atoms with Crippen LogP contribution in [0, 0.1) is 0 Å². The number of nitrogens with zero attached hydrogens (tertiary/aromatic N) is 1. The van der Waals surface area contributed by atoms with Gasteiger partial charge in [0.2, 0.25) is 0 Å². The zero-order valence-electron chi connectivity index (χ0n) is 13.7. The second-order valence-electron chi connectivity index (χ2n) is 5.89. The predicted molar refractivity (Wildman–Crippen MR) is 102 cm³/mol. The summed E-state index contributed by atoms with van der Waals surface area (Å²) in [6.07, 6.45) is 2.23. The number of piperidine rings is 1. The summed E-state index contributed by atoms with van der Waals surface area (Å²) in [5.74, 6) is 2.35. The Labute approximate surface area is 151 Å². The molecule has 0 saturated carbocycles. The molecule has 4 nitrogen and oxygen atoms in total. The van der Waals surface area contributed by atoms with Crippen molar-refractivity contribution in [3.05, 3.63) is 52.0 Å². The lowest BCUT2D eigenvalue weighted by molar-refractivity contribution is 0.0951. The van der Waals surface area contributed by atoms with Crippen LogP contribution >= 0.6 is 23.1 Å². The first-order valence-corrected chi connectivity index (χ1v) is 10.4. The molecular weight excluding hydrogens is 338 g/mol. The molecule has 1 fully saturated rings. The number of thiazole rings is 1. The van der Waals surface area contributed by atoms with Gasteiger partial charge in [0.25, 0.3) is 5.91 Å². The molecule has 1 aliphatic heterocycles. The van der Waals surface area contributed by atoms with Gasteiger partial charge in [0, 0.05) is 29.3 Å². The Kier molecular flexibility index (Phi) is 6.69. The largest absolute Gasteiger partial charge is 0.350 e. The van der Waals surface area contributed by atoms with Crippen LogP contribution < -0.4 is 10.6 Å². The van der Waals surface area contributed by atoms with Gasteiger partial charge in [-0.2, -0.15) is 11.8 Å². The molecule has 0 bridgehead atoms. The highest BCUT2D eigenvalue weighted by Crippen LogP contribution is 2.27. The van der Waals surface area contributed by atoms with Crippen molar-refractivity contribution in [1.29, 1.82) is 0 Å². The molecule has 3 rings (SSSR count). The number of carbonyl (C=O) groups excluding carboxylic acids is 1. The predicted octanol–water partition coefficient (Wildman–Crippen LogP) is 3.27. The maximum atomic E-state index is 12.2. The average molecular weight is 362 g/mol. The van der Waals surface area contributed by atoms with Crippen LogP contribution in [0.2, 0.25) is 0 Å². The molecule has 0 atom stereocenters. The Balaban J connectivity index is 1.38. The van der Waals surface area contributed by atoms with Crippen molar-refractivity contribution in [2.45, 2.75) is 24.5 Å². The lowest BCUT2D eigenvalue weighted by Gasteiger charge is -2.20. The monoisotopic (exact) mass is 361 g/mol. The van der Waals surface area contributed by atoms with Gasteiger partial charge in [0.15, 0.2) is 0 Å². The van der Waals surface area contributed by atoms with Crippen molar-refractivity contribution in [2.75, 3.05) is 25.4 Å². The molecule has 0 unspecified atom stereocenters. The van der Waals surface area contributed by atoms with Gasteiger partial charge in [-0.25, -0.2) is 4.98 Å². The van der Waals surface area contributed by atoms with Crippen LogP contribution in [0.15, 0.2) is 35.7 Å². The van der Waals surface area contributed by atoms with Gasteiger partial charge in [0.05, 0.1) is 5.01 Å². The van der Waals surface area contributed by atoms with E-state index in [1.807, 2.05) is 23.2 Å². The van der Waals surface area contributed by atoms with E-state index in [0.717, 1.165) is 42.4 Å². The summed E-state index contributed by atoms with van der Waals surface area (Å²) in [5.41, 5.74) is 1.89. The Bertz CT molecular complexity index is 639. The number of hydrogen-bond donors (Lipinski definition) is 2. The highest BCUT2D eigenvalue weighted by Gasteiger charge is 2.20. The smallest absolute Gasteiger partial charge is 0.270 e. The van der Waals surface area contributed by atoms with Crippen LogP contribution in [-0.2, 0) is 5.75 Å². The maximum absolute atomic E-state index is 12.2. The van der Waals surface area contributed by atoms with Crippen LogP contribution in [0.4, 0.5) is 0 Å². The minimum atomic E-state index is -0.0493. The van der Waals surface area contributed by atoms with E-state index in [9.17, 15) is 4.79 Å². The van der Waals surface area contributed by atoms with E-state index in [2.05, 4.69) is 39.9 Å². The fourth-order valence-corrected chi connectivity index (χ4v) is 4.53. The molecule has 0 aliphatic carbocycles. The van der Waals surface area contributed by atoms with Crippen molar-refractivity contribution in [3.63, 3.8) is 0 Å². The van der Waals surface area contributed by atoms with Crippen LogP contribution in [0.1, 0.15) is 39.8 Å². The lowest BCUT2D eigenvalue weighted by atomic mass is 9.99. The second kappa shape index (κ2) is 9.20. The Hall–Kier alpha value is -1.37. The lowest BCUT2D eigenvalue weighted by Crippen LogP contribution is -2.27. The minimum absolute atomic E-state index is 0.0493. The molecule has 1 saturated heterocycles. The first kappa shape index (κ1) is 17.5. The average Bonchev–Trinajstić information content (AvgIpc) is 3.13. The molecule has 128 valence electrons. The van der Waals surface area contributed by atoms with Gasteiger partial charge in [0.1, 0.15) is 5.69 Å². The van der Waals surface area contributed by atoms with Crippen LogP contribution in [0.5, 0.6) is 0 Å². The summed E-state index contributed by atoms with van der Waals surface area (Å²) >= 11 is 3.45. The van der Waals surface area contributed by atoms with E-state index in [0.29, 0.717) is 18.2 Å². The van der Waals surface area contributed by atoms with Crippen molar-refractivity contribution in [3.8, 4) is 0 Å². The van der Waals surface area contributed by atoms with Crippen LogP contribution in [-0.4, -0.2) is 36.3 Å². The fraction of sp³-hybridized carbons (Fsp3) is 0.444. The van der Waals surface area contributed by atoms with Crippen LogP contribution in [0.25, 0.3) is 0 Å². The molecule has 0 spiro atoms. The third-order valence-corrected chi connectivity index (χ3v) is 6.12. The third kappa shape index (κ3) is 5.06. The topological polar surface area (TPSA) is 54.0 Å². The Morgan fingerprint density at radius 2 is 2.08 bits per heavy atom. The van der Waals surface area contributed by atoms with Gasteiger partial charge in [-0.15, -0.1) is 11.3 Å².